The monoisotopic (exact) mass is 317 g/mol. The van der Waals surface area contributed by atoms with Crippen molar-refractivity contribution in [1.29, 1.82) is 0 Å². The molecule has 2 aromatic carbocycles. The lowest BCUT2D eigenvalue weighted by Gasteiger charge is -2.15. The Hall–Kier alpha value is -2.54. The number of hydrogen-bond acceptors (Lipinski definition) is 5. The summed E-state index contributed by atoms with van der Waals surface area (Å²) in [6, 6.07) is 11.2. The number of benzene rings is 2. The molecule has 7 heteroatoms. The van der Waals surface area contributed by atoms with E-state index >= 15 is 0 Å². The molecule has 0 aliphatic rings. The van der Waals surface area contributed by atoms with E-state index in [9.17, 15) is 9.18 Å². The molecule has 0 aliphatic heterocycles. The molecule has 5 nitrogen and oxygen atoms in total. The highest BCUT2D eigenvalue weighted by atomic mass is 32.1. The molecule has 112 valence electrons. The van der Waals surface area contributed by atoms with Crippen LogP contribution in [0.15, 0.2) is 42.5 Å². The van der Waals surface area contributed by atoms with E-state index in [4.69, 9.17) is 4.74 Å². The average Bonchev–Trinajstić information content (AvgIpc) is 2.97. The lowest BCUT2D eigenvalue weighted by molar-refractivity contribution is -0.122. The second kappa shape index (κ2) is 6.07. The van der Waals surface area contributed by atoms with Crippen LogP contribution in [0.3, 0.4) is 0 Å². The van der Waals surface area contributed by atoms with Crippen LogP contribution in [-0.4, -0.2) is 20.8 Å². The van der Waals surface area contributed by atoms with Crippen molar-refractivity contribution in [3.05, 3.63) is 48.3 Å². The standard InChI is InChI=1S/C15H12FN3O2S/c1-9(21-14-5-3-2-4-11(14)16)15(20)17-10-6-7-12-13(8-10)19-22-18-12/h2-9H,1H3,(H,17,20). The first-order chi connectivity index (χ1) is 10.6. The maximum absolute atomic E-state index is 13.5. The Labute approximate surface area is 130 Å². The third kappa shape index (κ3) is 3.04. The maximum atomic E-state index is 13.5. The number of ether oxygens (including phenoxy) is 1. The fraction of sp³-hybridized carbons (Fsp3) is 0.133. The van der Waals surface area contributed by atoms with Gasteiger partial charge in [0.05, 0.1) is 11.7 Å². The molecule has 1 atom stereocenters. The molecule has 0 aliphatic carbocycles. The normalized spacial score (nSPS) is 12.1. The molecular weight excluding hydrogens is 305 g/mol. The minimum atomic E-state index is -0.832. The maximum Gasteiger partial charge on any atom is 0.265 e. The van der Waals surface area contributed by atoms with Crippen molar-refractivity contribution in [2.75, 3.05) is 5.32 Å². The van der Waals surface area contributed by atoms with Gasteiger partial charge in [-0.25, -0.2) is 4.39 Å². The van der Waals surface area contributed by atoms with Crippen molar-refractivity contribution < 1.29 is 13.9 Å². The van der Waals surface area contributed by atoms with E-state index in [0.717, 1.165) is 17.2 Å². The molecule has 22 heavy (non-hydrogen) atoms. The van der Waals surface area contributed by atoms with E-state index in [-0.39, 0.29) is 11.7 Å². The summed E-state index contributed by atoms with van der Waals surface area (Å²) < 4.78 is 27.0. The van der Waals surface area contributed by atoms with Crippen LogP contribution in [0.25, 0.3) is 11.0 Å². The summed E-state index contributed by atoms with van der Waals surface area (Å²) in [6.07, 6.45) is -0.832. The van der Waals surface area contributed by atoms with Gasteiger partial charge >= 0.3 is 0 Å². The molecule has 3 rings (SSSR count). The number of aromatic nitrogens is 2. The van der Waals surface area contributed by atoms with E-state index in [0.29, 0.717) is 11.2 Å². The minimum Gasteiger partial charge on any atom is -0.478 e. The zero-order chi connectivity index (χ0) is 15.5. The third-order valence-corrected chi connectivity index (χ3v) is 3.59. The number of para-hydroxylation sites is 1. The zero-order valence-corrected chi connectivity index (χ0v) is 12.4. The van der Waals surface area contributed by atoms with Gasteiger partial charge in [0.15, 0.2) is 17.7 Å². The SMILES string of the molecule is CC(Oc1ccccc1F)C(=O)Nc1ccc2nsnc2c1. The van der Waals surface area contributed by atoms with Gasteiger partial charge in [-0.3, -0.25) is 4.79 Å². The highest BCUT2D eigenvalue weighted by Crippen LogP contribution is 2.19. The Morgan fingerprint density at radius 2 is 2.00 bits per heavy atom. The predicted octanol–water partition coefficient (Wildman–Crippen LogP) is 3.24. The Morgan fingerprint density at radius 3 is 2.82 bits per heavy atom. The molecular formula is C15H12FN3O2S. The summed E-state index contributed by atoms with van der Waals surface area (Å²) in [6.45, 7) is 1.56. The minimum absolute atomic E-state index is 0.0457. The van der Waals surface area contributed by atoms with Gasteiger partial charge in [-0.2, -0.15) is 8.75 Å². The van der Waals surface area contributed by atoms with E-state index in [1.807, 2.05) is 0 Å². The van der Waals surface area contributed by atoms with Gasteiger partial charge in [-0.05, 0) is 37.3 Å². The van der Waals surface area contributed by atoms with Gasteiger partial charge in [0.2, 0.25) is 0 Å². The molecule has 0 saturated heterocycles. The van der Waals surface area contributed by atoms with Gasteiger partial charge in [0, 0.05) is 5.69 Å². The fourth-order valence-corrected chi connectivity index (χ4v) is 2.41. The Bertz CT molecular complexity index is 821. The van der Waals surface area contributed by atoms with Gasteiger partial charge in [0.1, 0.15) is 11.0 Å². The van der Waals surface area contributed by atoms with Crippen LogP contribution in [0.2, 0.25) is 0 Å². The number of anilines is 1. The van der Waals surface area contributed by atoms with Crippen LogP contribution in [0.1, 0.15) is 6.92 Å². The fourth-order valence-electron chi connectivity index (χ4n) is 1.89. The number of rotatable bonds is 4. The van der Waals surface area contributed by atoms with Gasteiger partial charge in [0.25, 0.3) is 5.91 Å². The van der Waals surface area contributed by atoms with Crippen LogP contribution >= 0.6 is 11.7 Å². The lowest BCUT2D eigenvalue weighted by Crippen LogP contribution is -2.30. The molecule has 0 spiro atoms. The number of amides is 1. The summed E-state index contributed by atoms with van der Waals surface area (Å²) >= 11 is 1.11. The lowest BCUT2D eigenvalue weighted by atomic mass is 10.2. The first-order valence-corrected chi connectivity index (χ1v) is 7.31. The van der Waals surface area contributed by atoms with E-state index in [1.54, 1.807) is 37.3 Å². The molecule has 1 amide bonds. The molecule has 0 bridgehead atoms. The smallest absolute Gasteiger partial charge is 0.265 e. The van der Waals surface area contributed by atoms with Gasteiger partial charge < -0.3 is 10.1 Å². The quantitative estimate of drug-likeness (QED) is 0.802. The first kappa shape index (κ1) is 14.4. The Kier molecular flexibility index (Phi) is 3.97. The van der Waals surface area contributed by atoms with Crippen molar-refractivity contribution in [1.82, 2.24) is 8.75 Å². The molecule has 1 unspecified atom stereocenters. The molecule has 1 heterocycles. The van der Waals surface area contributed by atoms with Crippen molar-refractivity contribution in [2.45, 2.75) is 13.0 Å². The second-order valence-electron chi connectivity index (χ2n) is 4.65. The molecule has 0 saturated carbocycles. The molecule has 3 aromatic rings. The number of nitrogens with zero attached hydrogens (tertiary/aromatic N) is 2. The zero-order valence-electron chi connectivity index (χ0n) is 11.6. The molecule has 0 radical (unpaired) electrons. The molecule has 1 N–H and O–H groups in total. The van der Waals surface area contributed by atoms with E-state index in [1.165, 1.54) is 12.1 Å². The van der Waals surface area contributed by atoms with Crippen molar-refractivity contribution in [3.63, 3.8) is 0 Å². The summed E-state index contributed by atoms with van der Waals surface area (Å²) in [7, 11) is 0. The highest BCUT2D eigenvalue weighted by molar-refractivity contribution is 7.00. The van der Waals surface area contributed by atoms with Crippen molar-refractivity contribution >= 4 is 34.4 Å². The van der Waals surface area contributed by atoms with Crippen molar-refractivity contribution in [3.8, 4) is 5.75 Å². The third-order valence-electron chi connectivity index (χ3n) is 3.03. The summed E-state index contributed by atoms with van der Waals surface area (Å²) in [5, 5.41) is 2.71. The summed E-state index contributed by atoms with van der Waals surface area (Å²) in [4.78, 5) is 12.1. The largest absolute Gasteiger partial charge is 0.478 e. The van der Waals surface area contributed by atoms with Crippen LogP contribution in [0.5, 0.6) is 5.75 Å². The predicted molar refractivity (Wildman–Crippen MR) is 82.5 cm³/mol. The highest BCUT2D eigenvalue weighted by Gasteiger charge is 2.16. The molecule has 1 aromatic heterocycles. The number of fused-ring (bicyclic) bond motifs is 1. The van der Waals surface area contributed by atoms with E-state index < -0.39 is 11.9 Å². The van der Waals surface area contributed by atoms with Crippen LogP contribution in [0.4, 0.5) is 10.1 Å². The number of carbonyl (C=O) groups is 1. The summed E-state index contributed by atoms with van der Waals surface area (Å²) in [5.41, 5.74) is 2.08. The average molecular weight is 317 g/mol. The number of halogens is 1. The van der Waals surface area contributed by atoms with E-state index in [2.05, 4.69) is 14.1 Å². The van der Waals surface area contributed by atoms with Crippen LogP contribution < -0.4 is 10.1 Å². The first-order valence-electron chi connectivity index (χ1n) is 6.58. The van der Waals surface area contributed by atoms with Crippen LogP contribution in [0, 0.1) is 5.82 Å². The van der Waals surface area contributed by atoms with Gasteiger partial charge in [-0.1, -0.05) is 12.1 Å². The van der Waals surface area contributed by atoms with Gasteiger partial charge in [-0.15, -0.1) is 0 Å². The Balaban J connectivity index is 1.69. The number of carbonyl (C=O) groups excluding carboxylic acids is 1. The number of nitrogens with one attached hydrogen (secondary N) is 1. The second-order valence-corrected chi connectivity index (χ2v) is 5.18. The molecule has 0 fully saturated rings. The number of hydrogen-bond donors (Lipinski definition) is 1. The van der Waals surface area contributed by atoms with Crippen molar-refractivity contribution in [2.24, 2.45) is 0 Å². The summed E-state index contributed by atoms with van der Waals surface area (Å²) in [5.74, 6) is -0.827. The van der Waals surface area contributed by atoms with Crippen LogP contribution in [-0.2, 0) is 4.79 Å². The topological polar surface area (TPSA) is 64.1 Å². The Morgan fingerprint density at radius 1 is 1.23 bits per heavy atom.